The fourth-order valence-electron chi connectivity index (χ4n) is 3.34. The number of nitrogens with zero attached hydrogens (tertiary/aromatic N) is 4. The van der Waals surface area contributed by atoms with Gasteiger partial charge < -0.3 is 19.2 Å². The van der Waals surface area contributed by atoms with E-state index in [-0.39, 0.29) is 0 Å². The molecule has 0 aliphatic carbocycles. The molecule has 150 valence electrons. The molecule has 0 bridgehead atoms. The maximum absolute atomic E-state index is 5.63. The summed E-state index contributed by atoms with van der Waals surface area (Å²) in [6, 6.07) is 9.66. The highest BCUT2D eigenvalue weighted by molar-refractivity contribution is 5.81. The number of nitrogens with one attached hydrogen (secondary N) is 1. The molecule has 0 spiro atoms. The minimum Gasteiger partial charge on any atom is -0.493 e. The first-order valence-corrected chi connectivity index (χ1v) is 9.25. The van der Waals surface area contributed by atoms with Gasteiger partial charge in [0.15, 0.2) is 17.1 Å². The standard InChI is InChI=1S/C21H23N5O3/c1-12-6-8-16(29-12)11-22-21-24-14(3)23-20-19(13(2)25-26(20)21)15-7-9-17(27-4)18(10-15)28-5/h6-10H,11H2,1-5H3,(H,22,23,24). The van der Waals surface area contributed by atoms with Gasteiger partial charge in [-0.1, -0.05) is 6.07 Å². The van der Waals surface area contributed by atoms with Gasteiger partial charge in [0.2, 0.25) is 5.95 Å². The predicted octanol–water partition coefficient (Wildman–Crippen LogP) is 3.94. The molecule has 1 aromatic carbocycles. The summed E-state index contributed by atoms with van der Waals surface area (Å²) in [5.74, 6) is 4.29. The maximum Gasteiger partial charge on any atom is 0.228 e. The number of benzene rings is 1. The van der Waals surface area contributed by atoms with Gasteiger partial charge in [-0.3, -0.25) is 0 Å². The monoisotopic (exact) mass is 393 g/mol. The number of aromatic nitrogens is 4. The van der Waals surface area contributed by atoms with Crippen molar-refractivity contribution in [1.29, 1.82) is 0 Å². The zero-order valence-corrected chi connectivity index (χ0v) is 17.1. The van der Waals surface area contributed by atoms with Crippen molar-refractivity contribution in [3.05, 3.63) is 53.4 Å². The van der Waals surface area contributed by atoms with Gasteiger partial charge in [-0.15, -0.1) is 0 Å². The summed E-state index contributed by atoms with van der Waals surface area (Å²) in [6.45, 7) is 6.24. The Labute approximate surface area is 168 Å². The lowest BCUT2D eigenvalue weighted by Crippen LogP contribution is -2.09. The SMILES string of the molecule is COc1ccc(-c2c(C)nn3c(NCc4ccc(C)o4)nc(C)nc23)cc1OC. The molecule has 0 fully saturated rings. The van der Waals surface area contributed by atoms with E-state index in [0.29, 0.717) is 29.8 Å². The van der Waals surface area contributed by atoms with Gasteiger partial charge >= 0.3 is 0 Å². The molecule has 0 unspecified atom stereocenters. The van der Waals surface area contributed by atoms with Crippen molar-refractivity contribution in [2.45, 2.75) is 27.3 Å². The highest BCUT2D eigenvalue weighted by Gasteiger charge is 2.18. The molecular weight excluding hydrogens is 370 g/mol. The van der Waals surface area contributed by atoms with Crippen LogP contribution in [-0.4, -0.2) is 33.8 Å². The maximum atomic E-state index is 5.63. The third kappa shape index (κ3) is 3.49. The number of hydrogen-bond donors (Lipinski definition) is 1. The van der Waals surface area contributed by atoms with Crippen LogP contribution in [0, 0.1) is 20.8 Å². The smallest absolute Gasteiger partial charge is 0.228 e. The van der Waals surface area contributed by atoms with Crippen molar-refractivity contribution in [2.24, 2.45) is 0 Å². The Balaban J connectivity index is 1.78. The molecule has 3 heterocycles. The second-order valence-corrected chi connectivity index (χ2v) is 6.73. The third-order valence-electron chi connectivity index (χ3n) is 4.66. The lowest BCUT2D eigenvalue weighted by atomic mass is 10.1. The first kappa shape index (κ1) is 18.8. The summed E-state index contributed by atoms with van der Waals surface area (Å²) in [7, 11) is 3.24. The molecule has 4 aromatic rings. The van der Waals surface area contributed by atoms with Crippen LogP contribution in [0.3, 0.4) is 0 Å². The van der Waals surface area contributed by atoms with E-state index in [1.165, 1.54) is 0 Å². The van der Waals surface area contributed by atoms with Crippen molar-refractivity contribution in [1.82, 2.24) is 19.6 Å². The molecule has 4 rings (SSSR count). The average molecular weight is 393 g/mol. The van der Waals surface area contributed by atoms with Crippen molar-refractivity contribution >= 4 is 11.6 Å². The van der Waals surface area contributed by atoms with Crippen LogP contribution < -0.4 is 14.8 Å². The van der Waals surface area contributed by atoms with Crippen LogP contribution in [0.25, 0.3) is 16.8 Å². The summed E-state index contributed by atoms with van der Waals surface area (Å²) in [5.41, 5.74) is 3.43. The van der Waals surface area contributed by atoms with Gasteiger partial charge in [0.25, 0.3) is 0 Å². The molecule has 0 atom stereocenters. The van der Waals surface area contributed by atoms with E-state index in [9.17, 15) is 0 Å². The largest absolute Gasteiger partial charge is 0.493 e. The van der Waals surface area contributed by atoms with E-state index in [1.54, 1.807) is 18.7 Å². The lowest BCUT2D eigenvalue weighted by Gasteiger charge is -2.10. The van der Waals surface area contributed by atoms with Crippen LogP contribution in [0.15, 0.2) is 34.7 Å². The van der Waals surface area contributed by atoms with Crippen molar-refractivity contribution < 1.29 is 13.9 Å². The second kappa shape index (κ2) is 7.46. The van der Waals surface area contributed by atoms with Crippen LogP contribution in [0.5, 0.6) is 11.5 Å². The van der Waals surface area contributed by atoms with E-state index in [4.69, 9.17) is 13.9 Å². The summed E-state index contributed by atoms with van der Waals surface area (Å²) in [6.07, 6.45) is 0. The van der Waals surface area contributed by atoms with Crippen molar-refractivity contribution in [3.8, 4) is 22.6 Å². The van der Waals surface area contributed by atoms with E-state index in [2.05, 4.69) is 20.4 Å². The Morgan fingerprint density at radius 1 is 1.00 bits per heavy atom. The number of furan rings is 1. The fraction of sp³-hybridized carbons (Fsp3) is 0.286. The molecule has 8 heteroatoms. The number of aryl methyl sites for hydroxylation is 3. The molecule has 3 aromatic heterocycles. The number of hydrogen-bond acceptors (Lipinski definition) is 7. The molecular formula is C21H23N5O3. The lowest BCUT2D eigenvalue weighted by molar-refractivity contribution is 0.355. The van der Waals surface area contributed by atoms with Crippen LogP contribution in [-0.2, 0) is 6.54 Å². The average Bonchev–Trinajstić information content (AvgIpc) is 3.27. The highest BCUT2D eigenvalue weighted by Crippen LogP contribution is 2.35. The van der Waals surface area contributed by atoms with Gasteiger partial charge in [0.1, 0.15) is 17.3 Å². The molecule has 0 saturated heterocycles. The van der Waals surface area contributed by atoms with E-state index < -0.39 is 0 Å². The van der Waals surface area contributed by atoms with E-state index in [1.807, 2.05) is 51.1 Å². The summed E-state index contributed by atoms with van der Waals surface area (Å²) in [5, 5.41) is 7.97. The Morgan fingerprint density at radius 2 is 1.79 bits per heavy atom. The van der Waals surface area contributed by atoms with Gasteiger partial charge in [-0.2, -0.15) is 14.6 Å². The van der Waals surface area contributed by atoms with E-state index >= 15 is 0 Å². The normalized spacial score (nSPS) is 11.1. The highest BCUT2D eigenvalue weighted by atomic mass is 16.5. The predicted molar refractivity (Wildman–Crippen MR) is 110 cm³/mol. The molecule has 0 aliphatic rings. The van der Waals surface area contributed by atoms with Crippen molar-refractivity contribution in [3.63, 3.8) is 0 Å². The Hall–Kier alpha value is -3.55. The molecule has 0 saturated carbocycles. The summed E-state index contributed by atoms with van der Waals surface area (Å²) < 4.78 is 18.2. The van der Waals surface area contributed by atoms with E-state index in [0.717, 1.165) is 34.0 Å². The number of rotatable bonds is 6. The zero-order chi connectivity index (χ0) is 20.5. The van der Waals surface area contributed by atoms with Crippen LogP contribution in [0.4, 0.5) is 5.95 Å². The Bertz CT molecular complexity index is 1180. The zero-order valence-electron chi connectivity index (χ0n) is 17.1. The fourth-order valence-corrected chi connectivity index (χ4v) is 3.34. The molecule has 0 radical (unpaired) electrons. The first-order chi connectivity index (χ1) is 14.0. The third-order valence-corrected chi connectivity index (χ3v) is 4.66. The Kier molecular flexibility index (Phi) is 4.84. The molecule has 29 heavy (non-hydrogen) atoms. The number of fused-ring (bicyclic) bond motifs is 1. The van der Waals surface area contributed by atoms with Gasteiger partial charge in [-0.05, 0) is 50.6 Å². The number of methoxy groups -OCH3 is 2. The summed E-state index contributed by atoms with van der Waals surface area (Å²) >= 11 is 0. The second-order valence-electron chi connectivity index (χ2n) is 6.73. The molecule has 0 aliphatic heterocycles. The number of ether oxygens (including phenoxy) is 2. The molecule has 0 amide bonds. The van der Waals surface area contributed by atoms with Crippen LogP contribution in [0.1, 0.15) is 23.0 Å². The van der Waals surface area contributed by atoms with Crippen molar-refractivity contribution in [2.75, 3.05) is 19.5 Å². The topological polar surface area (TPSA) is 86.7 Å². The minimum absolute atomic E-state index is 0.504. The molecule has 1 N–H and O–H groups in total. The van der Waals surface area contributed by atoms with Crippen LogP contribution in [0.2, 0.25) is 0 Å². The minimum atomic E-state index is 0.504. The Morgan fingerprint density at radius 3 is 2.48 bits per heavy atom. The quantitative estimate of drug-likeness (QED) is 0.531. The van der Waals surface area contributed by atoms with Gasteiger partial charge in [-0.25, -0.2) is 4.98 Å². The molecule has 8 nitrogen and oxygen atoms in total. The first-order valence-electron chi connectivity index (χ1n) is 9.25. The summed E-state index contributed by atoms with van der Waals surface area (Å²) in [4.78, 5) is 9.17. The number of anilines is 1. The van der Waals surface area contributed by atoms with Crippen LogP contribution >= 0.6 is 0 Å². The van der Waals surface area contributed by atoms with Gasteiger partial charge in [0, 0.05) is 5.56 Å². The van der Waals surface area contributed by atoms with Gasteiger partial charge in [0.05, 0.1) is 26.5 Å².